The molecule has 1 atom stereocenters. The van der Waals surface area contributed by atoms with E-state index in [0.29, 0.717) is 0 Å². The standard InChI is InChI=1S/C13H25NS/c1-11-2-4-12(5-3-11)6-8-14-13-7-9-15-10-13/h11-14H,2-10H2,1H3. The van der Waals surface area contributed by atoms with E-state index in [9.17, 15) is 0 Å². The molecule has 0 aromatic rings. The maximum absolute atomic E-state index is 3.72. The molecule has 0 radical (unpaired) electrons. The molecule has 88 valence electrons. The van der Waals surface area contributed by atoms with Gasteiger partial charge in [0.1, 0.15) is 0 Å². The fraction of sp³-hybridized carbons (Fsp3) is 1.00. The zero-order valence-corrected chi connectivity index (χ0v) is 10.8. The average molecular weight is 227 g/mol. The molecule has 1 saturated carbocycles. The van der Waals surface area contributed by atoms with Gasteiger partial charge in [0.05, 0.1) is 0 Å². The number of hydrogen-bond donors (Lipinski definition) is 1. The van der Waals surface area contributed by atoms with Crippen LogP contribution in [0.15, 0.2) is 0 Å². The summed E-state index contributed by atoms with van der Waals surface area (Å²) in [6.45, 7) is 3.68. The van der Waals surface area contributed by atoms with Crippen molar-refractivity contribution in [3.8, 4) is 0 Å². The fourth-order valence-corrected chi connectivity index (χ4v) is 3.99. The van der Waals surface area contributed by atoms with Gasteiger partial charge in [-0.25, -0.2) is 0 Å². The number of rotatable bonds is 4. The molecule has 1 N–H and O–H groups in total. The van der Waals surface area contributed by atoms with Crippen molar-refractivity contribution < 1.29 is 0 Å². The molecule has 0 amide bonds. The van der Waals surface area contributed by atoms with Gasteiger partial charge in [-0.1, -0.05) is 32.6 Å². The summed E-state index contributed by atoms with van der Waals surface area (Å²) < 4.78 is 0. The summed E-state index contributed by atoms with van der Waals surface area (Å²) in [6, 6.07) is 0.831. The molecule has 0 aromatic carbocycles. The third-order valence-corrected chi connectivity index (χ3v) is 5.21. The number of thioether (sulfide) groups is 1. The highest BCUT2D eigenvalue weighted by molar-refractivity contribution is 7.99. The van der Waals surface area contributed by atoms with Gasteiger partial charge in [-0.2, -0.15) is 11.8 Å². The van der Waals surface area contributed by atoms with Crippen LogP contribution in [0.25, 0.3) is 0 Å². The van der Waals surface area contributed by atoms with Crippen molar-refractivity contribution in [1.82, 2.24) is 5.32 Å². The second-order valence-electron chi connectivity index (χ2n) is 5.43. The van der Waals surface area contributed by atoms with Crippen LogP contribution in [0.2, 0.25) is 0 Å². The molecule has 2 heteroatoms. The second kappa shape index (κ2) is 6.15. The van der Waals surface area contributed by atoms with Crippen molar-refractivity contribution in [3.63, 3.8) is 0 Å². The van der Waals surface area contributed by atoms with Crippen LogP contribution in [0.4, 0.5) is 0 Å². The summed E-state index contributed by atoms with van der Waals surface area (Å²) in [4.78, 5) is 0. The van der Waals surface area contributed by atoms with Gasteiger partial charge < -0.3 is 5.32 Å². The van der Waals surface area contributed by atoms with Crippen LogP contribution < -0.4 is 5.32 Å². The zero-order valence-electron chi connectivity index (χ0n) is 10.0. The van der Waals surface area contributed by atoms with Gasteiger partial charge in [0.15, 0.2) is 0 Å². The Morgan fingerprint density at radius 1 is 1.13 bits per heavy atom. The molecule has 2 aliphatic rings. The fourth-order valence-electron chi connectivity index (χ4n) is 2.80. The van der Waals surface area contributed by atoms with Gasteiger partial charge in [-0.15, -0.1) is 0 Å². The molecular weight excluding hydrogens is 202 g/mol. The molecule has 0 spiro atoms. The predicted molar refractivity (Wildman–Crippen MR) is 69.5 cm³/mol. The summed E-state index contributed by atoms with van der Waals surface area (Å²) in [5, 5.41) is 3.72. The Labute approximate surface area is 98.8 Å². The number of nitrogens with one attached hydrogen (secondary N) is 1. The van der Waals surface area contributed by atoms with Gasteiger partial charge in [0, 0.05) is 11.8 Å². The molecule has 1 unspecified atom stereocenters. The molecule has 0 bridgehead atoms. The van der Waals surface area contributed by atoms with Gasteiger partial charge in [0.2, 0.25) is 0 Å². The summed E-state index contributed by atoms with van der Waals surface area (Å²) in [5.41, 5.74) is 0. The third kappa shape index (κ3) is 3.99. The molecule has 1 nitrogen and oxygen atoms in total. The van der Waals surface area contributed by atoms with Crippen LogP contribution in [-0.4, -0.2) is 24.1 Å². The first-order valence-corrected chi connectivity index (χ1v) is 7.81. The minimum absolute atomic E-state index is 0.831. The van der Waals surface area contributed by atoms with Crippen molar-refractivity contribution in [3.05, 3.63) is 0 Å². The first kappa shape index (κ1) is 11.8. The molecule has 1 saturated heterocycles. The number of hydrogen-bond acceptors (Lipinski definition) is 2. The lowest BCUT2D eigenvalue weighted by Gasteiger charge is -2.26. The Morgan fingerprint density at radius 2 is 1.93 bits per heavy atom. The lowest BCUT2D eigenvalue weighted by molar-refractivity contribution is 0.273. The molecule has 0 aromatic heterocycles. The minimum atomic E-state index is 0.831. The maximum atomic E-state index is 3.72. The normalized spacial score (nSPS) is 37.0. The largest absolute Gasteiger partial charge is 0.313 e. The Balaban J connectivity index is 1.53. The van der Waals surface area contributed by atoms with E-state index in [4.69, 9.17) is 0 Å². The van der Waals surface area contributed by atoms with E-state index in [1.165, 1.54) is 56.6 Å². The van der Waals surface area contributed by atoms with Crippen LogP contribution in [0.3, 0.4) is 0 Å². The summed E-state index contributed by atoms with van der Waals surface area (Å²) in [5.74, 6) is 4.75. The monoisotopic (exact) mass is 227 g/mol. The SMILES string of the molecule is CC1CCC(CCNC2CCSC2)CC1. The predicted octanol–water partition coefficient (Wildman–Crippen LogP) is 3.30. The second-order valence-corrected chi connectivity index (χ2v) is 6.58. The van der Waals surface area contributed by atoms with Crippen molar-refractivity contribution in [1.29, 1.82) is 0 Å². The van der Waals surface area contributed by atoms with E-state index in [1.54, 1.807) is 0 Å². The Hall–Kier alpha value is 0.310. The average Bonchev–Trinajstić information content (AvgIpc) is 2.74. The van der Waals surface area contributed by atoms with Gasteiger partial charge in [0.25, 0.3) is 0 Å². The molecule has 1 aliphatic heterocycles. The Bertz CT molecular complexity index is 169. The first-order chi connectivity index (χ1) is 7.34. The molecule has 1 aliphatic carbocycles. The lowest BCUT2D eigenvalue weighted by atomic mass is 9.81. The lowest BCUT2D eigenvalue weighted by Crippen LogP contribution is -2.31. The quantitative estimate of drug-likeness (QED) is 0.791. The molecule has 1 heterocycles. The maximum Gasteiger partial charge on any atom is 0.0166 e. The first-order valence-electron chi connectivity index (χ1n) is 6.65. The molecular formula is C13H25NS. The van der Waals surface area contributed by atoms with Gasteiger partial charge in [-0.05, 0) is 37.0 Å². The Kier molecular flexibility index (Phi) is 4.83. The van der Waals surface area contributed by atoms with E-state index in [0.717, 1.165) is 17.9 Å². The molecule has 2 fully saturated rings. The molecule has 15 heavy (non-hydrogen) atoms. The third-order valence-electron chi connectivity index (χ3n) is 4.05. The van der Waals surface area contributed by atoms with Crippen LogP contribution in [-0.2, 0) is 0 Å². The van der Waals surface area contributed by atoms with Crippen molar-refractivity contribution in [2.75, 3.05) is 18.1 Å². The van der Waals surface area contributed by atoms with E-state index in [-0.39, 0.29) is 0 Å². The smallest absolute Gasteiger partial charge is 0.0166 e. The zero-order chi connectivity index (χ0) is 10.5. The van der Waals surface area contributed by atoms with E-state index in [2.05, 4.69) is 24.0 Å². The highest BCUT2D eigenvalue weighted by Crippen LogP contribution is 2.30. The topological polar surface area (TPSA) is 12.0 Å². The van der Waals surface area contributed by atoms with Crippen LogP contribution >= 0.6 is 11.8 Å². The minimum Gasteiger partial charge on any atom is -0.313 e. The van der Waals surface area contributed by atoms with E-state index in [1.807, 2.05) is 0 Å². The highest BCUT2D eigenvalue weighted by Gasteiger charge is 2.19. The van der Waals surface area contributed by atoms with Crippen LogP contribution in [0, 0.1) is 11.8 Å². The van der Waals surface area contributed by atoms with E-state index < -0.39 is 0 Å². The van der Waals surface area contributed by atoms with Crippen LogP contribution in [0.1, 0.15) is 45.4 Å². The summed E-state index contributed by atoms with van der Waals surface area (Å²) in [6.07, 6.45) is 8.75. The van der Waals surface area contributed by atoms with Crippen molar-refractivity contribution in [2.45, 2.75) is 51.5 Å². The van der Waals surface area contributed by atoms with Gasteiger partial charge >= 0.3 is 0 Å². The van der Waals surface area contributed by atoms with Crippen molar-refractivity contribution in [2.24, 2.45) is 11.8 Å². The van der Waals surface area contributed by atoms with Crippen molar-refractivity contribution >= 4 is 11.8 Å². The Morgan fingerprint density at radius 3 is 2.60 bits per heavy atom. The highest BCUT2D eigenvalue weighted by atomic mass is 32.2. The van der Waals surface area contributed by atoms with Gasteiger partial charge in [-0.3, -0.25) is 0 Å². The van der Waals surface area contributed by atoms with Crippen LogP contribution in [0.5, 0.6) is 0 Å². The summed E-state index contributed by atoms with van der Waals surface area (Å²) >= 11 is 2.11. The summed E-state index contributed by atoms with van der Waals surface area (Å²) in [7, 11) is 0. The van der Waals surface area contributed by atoms with E-state index >= 15 is 0 Å². The molecule has 2 rings (SSSR count).